The number of unbranched alkanes of at least 4 members (excludes halogenated alkanes) is 20. The molecule has 0 saturated heterocycles. The van der Waals surface area contributed by atoms with Gasteiger partial charge in [-0.3, -0.25) is 14.4 Å². The van der Waals surface area contributed by atoms with Crippen molar-refractivity contribution in [3.63, 3.8) is 0 Å². The van der Waals surface area contributed by atoms with Gasteiger partial charge in [-0.1, -0.05) is 294 Å². The number of hydrogen-bond donors (Lipinski definition) is 0. The van der Waals surface area contributed by atoms with Crippen LogP contribution in [-0.2, 0) is 28.6 Å². The van der Waals surface area contributed by atoms with E-state index in [9.17, 15) is 14.4 Å². The summed E-state index contributed by atoms with van der Waals surface area (Å²) in [6.45, 7) is 6.27. The van der Waals surface area contributed by atoms with E-state index in [-0.39, 0.29) is 31.6 Å². The Morgan fingerprint density at radius 2 is 0.512 bits per heavy atom. The summed E-state index contributed by atoms with van der Waals surface area (Å²) in [6, 6.07) is 0. The summed E-state index contributed by atoms with van der Waals surface area (Å²) in [5, 5.41) is 0. The molecule has 460 valence electrons. The van der Waals surface area contributed by atoms with E-state index < -0.39 is 12.1 Å². The van der Waals surface area contributed by atoms with Gasteiger partial charge in [0.05, 0.1) is 6.42 Å². The maximum Gasteiger partial charge on any atom is 0.310 e. The number of rotatable bonds is 58. The molecule has 0 saturated carbocycles. The molecule has 0 fully saturated rings. The van der Waals surface area contributed by atoms with Gasteiger partial charge in [0.2, 0.25) is 0 Å². The van der Waals surface area contributed by atoms with Gasteiger partial charge < -0.3 is 14.2 Å². The molecular weight excluding hydrogens is 1010 g/mol. The Bertz CT molecular complexity index is 1870. The van der Waals surface area contributed by atoms with Crippen LogP contribution in [0.25, 0.3) is 0 Å². The fourth-order valence-corrected chi connectivity index (χ4v) is 8.57. The third-order valence-corrected chi connectivity index (χ3v) is 13.5. The van der Waals surface area contributed by atoms with Gasteiger partial charge in [-0.25, -0.2) is 0 Å². The SMILES string of the molecule is CC/C=C\C/C=C\C/C=C\C/C=C\C/C=C\C/C=C\C/C=C\CCCCCCCCCCCCCCCC(=O)OCC(COC(=O)CCCCCCC/C=C\C/C=C\CCCC)OC(=O)C/C=C\C/C=C\C/C=C\C/C=C\C/C=C\CC. The molecule has 0 aromatic carbocycles. The molecule has 1 unspecified atom stereocenters. The first-order valence-corrected chi connectivity index (χ1v) is 33.1. The summed E-state index contributed by atoms with van der Waals surface area (Å²) < 4.78 is 16.8. The highest BCUT2D eigenvalue weighted by molar-refractivity contribution is 5.72. The molecule has 0 rings (SSSR count). The molecule has 0 spiro atoms. The van der Waals surface area contributed by atoms with Crippen molar-refractivity contribution in [1.29, 1.82) is 0 Å². The second-order valence-corrected chi connectivity index (χ2v) is 21.3. The third kappa shape index (κ3) is 65.6. The van der Waals surface area contributed by atoms with E-state index in [0.717, 1.165) is 135 Å². The van der Waals surface area contributed by atoms with Gasteiger partial charge in [0.1, 0.15) is 13.2 Å². The highest BCUT2D eigenvalue weighted by Gasteiger charge is 2.19. The van der Waals surface area contributed by atoms with Crippen LogP contribution in [0.4, 0.5) is 0 Å². The second-order valence-electron chi connectivity index (χ2n) is 21.3. The fourth-order valence-electron chi connectivity index (χ4n) is 8.57. The Hall–Kier alpha value is -5.23. The predicted molar refractivity (Wildman–Crippen MR) is 357 cm³/mol. The normalized spacial score (nSPS) is 13.3. The van der Waals surface area contributed by atoms with Crippen LogP contribution in [0.1, 0.15) is 271 Å². The van der Waals surface area contributed by atoms with Crippen LogP contribution < -0.4 is 0 Å². The molecule has 0 bridgehead atoms. The van der Waals surface area contributed by atoms with Crippen molar-refractivity contribution < 1.29 is 28.6 Å². The lowest BCUT2D eigenvalue weighted by molar-refractivity contribution is -0.166. The zero-order chi connectivity index (χ0) is 59.2. The number of hydrogen-bond acceptors (Lipinski definition) is 6. The molecule has 1 atom stereocenters. The summed E-state index contributed by atoms with van der Waals surface area (Å²) in [5.74, 6) is -1.08. The van der Waals surface area contributed by atoms with Gasteiger partial charge in [-0.2, -0.15) is 0 Å². The lowest BCUT2D eigenvalue weighted by Gasteiger charge is -2.18. The minimum absolute atomic E-state index is 0.0874. The van der Waals surface area contributed by atoms with Gasteiger partial charge in [0, 0.05) is 12.8 Å². The monoisotopic (exact) mass is 1130 g/mol. The molecule has 0 aliphatic rings. The number of allylic oxidation sites excluding steroid dienone is 27. The molecule has 0 N–H and O–H groups in total. The zero-order valence-corrected chi connectivity index (χ0v) is 52.7. The number of carbonyl (C=O) groups is 3. The third-order valence-electron chi connectivity index (χ3n) is 13.5. The molecule has 0 aliphatic heterocycles. The van der Waals surface area contributed by atoms with E-state index in [0.29, 0.717) is 19.3 Å². The Morgan fingerprint density at radius 1 is 0.268 bits per heavy atom. The number of esters is 3. The van der Waals surface area contributed by atoms with Crippen molar-refractivity contribution in [2.75, 3.05) is 13.2 Å². The topological polar surface area (TPSA) is 78.9 Å². The van der Waals surface area contributed by atoms with Gasteiger partial charge >= 0.3 is 17.9 Å². The summed E-state index contributed by atoms with van der Waals surface area (Å²) in [6.07, 6.45) is 101. The molecule has 6 nitrogen and oxygen atoms in total. The highest BCUT2D eigenvalue weighted by Crippen LogP contribution is 2.15. The van der Waals surface area contributed by atoms with E-state index in [1.54, 1.807) is 6.08 Å². The Kier molecular flexibility index (Phi) is 63.9. The van der Waals surface area contributed by atoms with Crippen molar-refractivity contribution in [2.45, 2.75) is 277 Å². The highest BCUT2D eigenvalue weighted by atomic mass is 16.6. The minimum atomic E-state index is -0.846. The average molecular weight is 1130 g/mol. The van der Waals surface area contributed by atoms with Crippen LogP contribution >= 0.6 is 0 Å². The molecule has 0 amide bonds. The van der Waals surface area contributed by atoms with E-state index in [1.807, 2.05) is 6.08 Å². The standard InChI is InChI=1S/C76H120O6/c1-4-7-10-13-16-19-22-25-28-29-30-31-32-33-34-35-36-37-38-39-40-41-42-43-44-45-46-47-49-51-54-57-60-63-66-69-75(78)81-72-73(71-80-74(77)68-65-62-59-56-53-50-27-24-21-18-15-12-9-6-3)82-76(79)70-67-64-61-58-55-52-48-26-23-20-17-14-11-8-5-2/h7-8,10-11,15-20,24-28,30-31,33-34,36-37,39-40,48,55,58,64,67,73H,4-6,9,12-14,21-23,29,32,35,38,41-47,49-54,56-57,59-63,65-66,68-72H2,1-3H3/b10-7-,11-8-,18-15-,19-16-,20-17-,27-24-,28-25-,31-30-,34-33-,37-36-,40-39-,48-26-,58-55-,67-64-. The average Bonchev–Trinajstić information content (AvgIpc) is 3.48. The molecule has 0 aliphatic carbocycles. The molecule has 0 radical (unpaired) electrons. The first-order valence-electron chi connectivity index (χ1n) is 33.1. The predicted octanol–water partition coefficient (Wildman–Crippen LogP) is 23.0. The smallest absolute Gasteiger partial charge is 0.310 e. The lowest BCUT2D eigenvalue weighted by atomic mass is 10.0. The molecule has 0 heterocycles. The quantitative estimate of drug-likeness (QED) is 0.0261. The van der Waals surface area contributed by atoms with Crippen molar-refractivity contribution in [1.82, 2.24) is 0 Å². The van der Waals surface area contributed by atoms with Crippen LogP contribution in [-0.4, -0.2) is 37.2 Å². The molecule has 6 heteroatoms. The van der Waals surface area contributed by atoms with Crippen LogP contribution in [0.5, 0.6) is 0 Å². The largest absolute Gasteiger partial charge is 0.462 e. The van der Waals surface area contributed by atoms with Gasteiger partial charge in [-0.05, 0) is 128 Å². The van der Waals surface area contributed by atoms with Gasteiger partial charge in [-0.15, -0.1) is 0 Å². The van der Waals surface area contributed by atoms with Crippen molar-refractivity contribution in [2.24, 2.45) is 0 Å². The van der Waals surface area contributed by atoms with E-state index >= 15 is 0 Å². The van der Waals surface area contributed by atoms with Crippen LogP contribution in [0.3, 0.4) is 0 Å². The van der Waals surface area contributed by atoms with Crippen molar-refractivity contribution in [3.05, 3.63) is 170 Å². The summed E-state index contributed by atoms with van der Waals surface area (Å²) in [7, 11) is 0. The van der Waals surface area contributed by atoms with E-state index in [2.05, 4.69) is 179 Å². The molecule has 82 heavy (non-hydrogen) atoms. The Labute approximate surface area is 504 Å². The maximum absolute atomic E-state index is 12.8. The fraction of sp³-hybridized carbons (Fsp3) is 0.592. The second kappa shape index (κ2) is 68.3. The maximum atomic E-state index is 12.8. The Morgan fingerprint density at radius 3 is 0.805 bits per heavy atom. The number of carbonyl (C=O) groups excluding carboxylic acids is 3. The summed E-state index contributed by atoms with van der Waals surface area (Å²) in [5.41, 5.74) is 0. The molecule has 0 aromatic heterocycles. The van der Waals surface area contributed by atoms with E-state index in [1.165, 1.54) is 89.9 Å². The molecular formula is C76H120O6. The molecule has 0 aromatic rings. The first kappa shape index (κ1) is 76.8. The van der Waals surface area contributed by atoms with Crippen LogP contribution in [0.15, 0.2) is 170 Å². The Balaban J connectivity index is 4.28. The van der Waals surface area contributed by atoms with Gasteiger partial charge in [0.25, 0.3) is 0 Å². The van der Waals surface area contributed by atoms with Crippen LogP contribution in [0, 0.1) is 0 Å². The zero-order valence-electron chi connectivity index (χ0n) is 52.7. The van der Waals surface area contributed by atoms with Crippen LogP contribution in [0.2, 0.25) is 0 Å². The van der Waals surface area contributed by atoms with E-state index in [4.69, 9.17) is 14.2 Å². The number of ether oxygens (including phenoxy) is 3. The summed E-state index contributed by atoms with van der Waals surface area (Å²) >= 11 is 0. The van der Waals surface area contributed by atoms with Gasteiger partial charge in [0.15, 0.2) is 6.10 Å². The van der Waals surface area contributed by atoms with Crippen molar-refractivity contribution >= 4 is 17.9 Å². The lowest BCUT2D eigenvalue weighted by Crippen LogP contribution is -2.30. The van der Waals surface area contributed by atoms with Crippen molar-refractivity contribution in [3.8, 4) is 0 Å². The first-order chi connectivity index (χ1) is 40.5. The summed E-state index contributed by atoms with van der Waals surface area (Å²) in [4.78, 5) is 38.2. The minimum Gasteiger partial charge on any atom is -0.462 e.